The molecule has 19 heavy (non-hydrogen) atoms. The molecule has 1 atom stereocenters. The van der Waals surface area contributed by atoms with Gasteiger partial charge in [0.05, 0.1) is 14.2 Å². The lowest BCUT2D eigenvalue weighted by atomic mass is 9.90. The van der Waals surface area contributed by atoms with E-state index in [9.17, 15) is 0 Å². The van der Waals surface area contributed by atoms with Crippen LogP contribution < -0.4 is 15.2 Å². The van der Waals surface area contributed by atoms with Crippen LogP contribution in [-0.2, 0) is 0 Å². The third-order valence-electron chi connectivity index (χ3n) is 3.34. The first kappa shape index (κ1) is 16.1. The van der Waals surface area contributed by atoms with E-state index in [0.717, 1.165) is 42.0 Å². The normalized spacial score (nSPS) is 12.3. The molecule has 4 heteroatoms. The summed E-state index contributed by atoms with van der Waals surface area (Å²) >= 11 is 6.38. The van der Waals surface area contributed by atoms with Crippen molar-refractivity contribution in [2.75, 3.05) is 20.8 Å². The van der Waals surface area contributed by atoms with Crippen molar-refractivity contribution in [2.45, 2.75) is 38.5 Å². The Morgan fingerprint density at radius 3 is 2.32 bits per heavy atom. The highest BCUT2D eigenvalue weighted by atomic mass is 35.5. The molecule has 0 aliphatic rings. The molecule has 0 aromatic heterocycles. The topological polar surface area (TPSA) is 44.5 Å². The van der Waals surface area contributed by atoms with E-state index in [-0.39, 0.29) is 0 Å². The van der Waals surface area contributed by atoms with Crippen LogP contribution in [-0.4, -0.2) is 20.8 Å². The summed E-state index contributed by atoms with van der Waals surface area (Å²) in [5, 5.41) is 0.744. The second-order valence-corrected chi connectivity index (χ2v) is 5.05. The number of ether oxygens (including phenoxy) is 2. The first-order valence-corrected chi connectivity index (χ1v) is 7.17. The lowest BCUT2D eigenvalue weighted by Gasteiger charge is -2.20. The van der Waals surface area contributed by atoms with Crippen LogP contribution in [0.25, 0.3) is 0 Å². The molecule has 0 bridgehead atoms. The van der Waals surface area contributed by atoms with E-state index in [4.69, 9.17) is 26.8 Å². The number of halogens is 1. The van der Waals surface area contributed by atoms with Gasteiger partial charge in [-0.2, -0.15) is 0 Å². The Kier molecular flexibility index (Phi) is 7.03. The van der Waals surface area contributed by atoms with Gasteiger partial charge in [0.25, 0.3) is 0 Å². The van der Waals surface area contributed by atoms with Gasteiger partial charge >= 0.3 is 0 Å². The van der Waals surface area contributed by atoms with E-state index >= 15 is 0 Å². The van der Waals surface area contributed by atoms with E-state index in [1.807, 2.05) is 12.1 Å². The van der Waals surface area contributed by atoms with E-state index in [2.05, 4.69) is 6.92 Å². The van der Waals surface area contributed by atoms with Gasteiger partial charge in [0.2, 0.25) is 0 Å². The molecule has 0 spiro atoms. The first-order valence-electron chi connectivity index (χ1n) is 6.79. The van der Waals surface area contributed by atoms with Gasteiger partial charge in [0.15, 0.2) is 11.5 Å². The quantitative estimate of drug-likeness (QED) is 0.786. The highest BCUT2D eigenvalue weighted by Gasteiger charge is 2.17. The highest BCUT2D eigenvalue weighted by molar-refractivity contribution is 6.31. The maximum Gasteiger partial charge on any atom is 0.162 e. The van der Waals surface area contributed by atoms with Crippen molar-refractivity contribution in [3.05, 3.63) is 22.7 Å². The number of nitrogens with two attached hydrogens (primary N) is 1. The van der Waals surface area contributed by atoms with E-state index in [0.29, 0.717) is 18.2 Å². The molecule has 0 aliphatic carbocycles. The van der Waals surface area contributed by atoms with Gasteiger partial charge in [0.1, 0.15) is 0 Å². The van der Waals surface area contributed by atoms with Crippen molar-refractivity contribution < 1.29 is 9.47 Å². The molecular formula is C15H24ClNO2. The lowest BCUT2D eigenvalue weighted by molar-refractivity contribution is 0.354. The zero-order valence-corrected chi connectivity index (χ0v) is 12.8. The summed E-state index contributed by atoms with van der Waals surface area (Å²) in [6, 6.07) is 3.83. The third kappa shape index (κ3) is 4.29. The molecule has 0 aliphatic heterocycles. The Balaban J connectivity index is 3.07. The molecule has 1 rings (SSSR count). The summed E-state index contributed by atoms with van der Waals surface area (Å²) in [4.78, 5) is 0. The van der Waals surface area contributed by atoms with Gasteiger partial charge in [0, 0.05) is 11.1 Å². The largest absolute Gasteiger partial charge is 0.493 e. The predicted octanol–water partition coefficient (Wildman–Crippen LogP) is 3.98. The van der Waals surface area contributed by atoms with Gasteiger partial charge in [-0.3, -0.25) is 0 Å². The standard InChI is InChI=1S/C15H24ClNO2/c1-4-6-11(7-5-8-17)12-9-14(18-2)15(19-3)10-13(12)16/h9-11H,4-8,17H2,1-3H3. The molecule has 0 radical (unpaired) electrons. The van der Waals surface area contributed by atoms with E-state index in [1.54, 1.807) is 14.2 Å². The Morgan fingerprint density at radius 1 is 1.16 bits per heavy atom. The molecule has 1 aromatic rings. The fraction of sp³-hybridized carbons (Fsp3) is 0.600. The molecule has 1 unspecified atom stereocenters. The molecule has 3 nitrogen and oxygen atoms in total. The summed E-state index contributed by atoms with van der Waals surface area (Å²) in [7, 11) is 3.26. The molecular weight excluding hydrogens is 262 g/mol. The SMILES string of the molecule is CCCC(CCCN)c1cc(OC)c(OC)cc1Cl. The zero-order chi connectivity index (χ0) is 14.3. The minimum Gasteiger partial charge on any atom is -0.493 e. The summed E-state index contributed by atoms with van der Waals surface area (Å²) in [6.07, 6.45) is 4.30. The average molecular weight is 286 g/mol. The lowest BCUT2D eigenvalue weighted by Crippen LogP contribution is -2.06. The maximum absolute atomic E-state index is 6.38. The van der Waals surface area contributed by atoms with Crippen molar-refractivity contribution in [1.82, 2.24) is 0 Å². The van der Waals surface area contributed by atoms with Gasteiger partial charge < -0.3 is 15.2 Å². The number of rotatable bonds is 8. The highest BCUT2D eigenvalue weighted by Crippen LogP contribution is 2.39. The van der Waals surface area contributed by atoms with Crippen LogP contribution in [0.15, 0.2) is 12.1 Å². The van der Waals surface area contributed by atoms with Crippen molar-refractivity contribution in [1.29, 1.82) is 0 Å². The van der Waals surface area contributed by atoms with Gasteiger partial charge in [-0.05, 0) is 43.4 Å². The number of methoxy groups -OCH3 is 2. The Bertz CT molecular complexity index is 396. The van der Waals surface area contributed by atoms with Crippen LogP contribution in [0.2, 0.25) is 5.02 Å². The summed E-state index contributed by atoms with van der Waals surface area (Å²) in [5.74, 6) is 1.84. The predicted molar refractivity (Wildman–Crippen MR) is 80.5 cm³/mol. The number of hydrogen-bond acceptors (Lipinski definition) is 3. The molecule has 0 fully saturated rings. The number of hydrogen-bond donors (Lipinski definition) is 1. The monoisotopic (exact) mass is 285 g/mol. The zero-order valence-electron chi connectivity index (χ0n) is 12.0. The molecule has 0 heterocycles. The van der Waals surface area contributed by atoms with Crippen molar-refractivity contribution >= 4 is 11.6 Å². The van der Waals surface area contributed by atoms with Crippen LogP contribution >= 0.6 is 11.6 Å². The smallest absolute Gasteiger partial charge is 0.162 e. The van der Waals surface area contributed by atoms with E-state index < -0.39 is 0 Å². The van der Waals surface area contributed by atoms with Gasteiger partial charge in [-0.1, -0.05) is 24.9 Å². The Morgan fingerprint density at radius 2 is 1.79 bits per heavy atom. The average Bonchev–Trinajstić information content (AvgIpc) is 2.43. The van der Waals surface area contributed by atoms with Crippen LogP contribution in [0, 0.1) is 0 Å². The van der Waals surface area contributed by atoms with Crippen molar-refractivity contribution in [2.24, 2.45) is 5.73 Å². The molecule has 2 N–H and O–H groups in total. The minimum absolute atomic E-state index is 0.431. The molecule has 108 valence electrons. The summed E-state index contributed by atoms with van der Waals surface area (Å²) in [5.41, 5.74) is 6.75. The van der Waals surface area contributed by atoms with Crippen molar-refractivity contribution in [3.63, 3.8) is 0 Å². The fourth-order valence-corrected chi connectivity index (χ4v) is 2.66. The van der Waals surface area contributed by atoms with Gasteiger partial charge in [-0.25, -0.2) is 0 Å². The molecule has 0 amide bonds. The molecule has 1 aromatic carbocycles. The minimum atomic E-state index is 0.431. The second kappa shape index (κ2) is 8.28. The summed E-state index contributed by atoms with van der Waals surface area (Å²) < 4.78 is 10.6. The Labute approximate surface area is 121 Å². The fourth-order valence-electron chi connectivity index (χ4n) is 2.35. The third-order valence-corrected chi connectivity index (χ3v) is 3.66. The van der Waals surface area contributed by atoms with Crippen molar-refractivity contribution in [3.8, 4) is 11.5 Å². The van der Waals surface area contributed by atoms with Gasteiger partial charge in [-0.15, -0.1) is 0 Å². The molecule has 0 saturated carbocycles. The van der Waals surface area contributed by atoms with E-state index in [1.165, 1.54) is 0 Å². The maximum atomic E-state index is 6.38. The van der Waals surface area contributed by atoms with Crippen LogP contribution in [0.5, 0.6) is 11.5 Å². The second-order valence-electron chi connectivity index (χ2n) is 4.65. The number of benzene rings is 1. The van der Waals surface area contributed by atoms with Crippen LogP contribution in [0.1, 0.15) is 44.1 Å². The van der Waals surface area contributed by atoms with Crippen LogP contribution in [0.4, 0.5) is 0 Å². The Hall–Kier alpha value is -0.930. The molecule has 0 saturated heterocycles. The summed E-state index contributed by atoms with van der Waals surface area (Å²) in [6.45, 7) is 2.90. The van der Waals surface area contributed by atoms with Crippen LogP contribution in [0.3, 0.4) is 0 Å². The first-order chi connectivity index (χ1) is 9.17.